The number of phenols is 1. The molecule has 8 nitrogen and oxygen atoms in total. The number of para-hydroxylation sites is 1. The molecule has 1 aliphatic heterocycles. The lowest BCUT2D eigenvalue weighted by Gasteiger charge is -2.19. The summed E-state index contributed by atoms with van der Waals surface area (Å²) < 4.78 is 0. The molecule has 1 fully saturated rings. The van der Waals surface area contributed by atoms with Gasteiger partial charge in [0.2, 0.25) is 5.91 Å². The zero-order chi connectivity index (χ0) is 18.7. The quantitative estimate of drug-likeness (QED) is 0.601. The fourth-order valence-corrected chi connectivity index (χ4v) is 3.39. The zero-order valence-corrected chi connectivity index (χ0v) is 14.7. The number of hydrogen-bond donors (Lipinski definition) is 4. The second-order valence-electron chi connectivity index (χ2n) is 6.76. The van der Waals surface area contributed by atoms with E-state index in [2.05, 4.69) is 27.2 Å². The highest BCUT2D eigenvalue weighted by Crippen LogP contribution is 2.21. The molecule has 2 aromatic rings. The Morgan fingerprint density at radius 2 is 2.31 bits per heavy atom. The number of phenolic OH excluding ortho intramolecular Hbond substituents is 1. The summed E-state index contributed by atoms with van der Waals surface area (Å²) in [6.07, 6.45) is 1.74. The third-order valence-electron chi connectivity index (χ3n) is 4.90. The molecule has 0 aliphatic carbocycles. The van der Waals surface area contributed by atoms with Gasteiger partial charge in [-0.2, -0.15) is 0 Å². The summed E-state index contributed by atoms with van der Waals surface area (Å²) in [5.74, 6) is -0.486. The Hall–Kier alpha value is -2.45. The number of amides is 1. The van der Waals surface area contributed by atoms with Crippen molar-refractivity contribution >= 4 is 16.8 Å². The van der Waals surface area contributed by atoms with Gasteiger partial charge in [-0.3, -0.25) is 9.59 Å². The van der Waals surface area contributed by atoms with Gasteiger partial charge in [0.15, 0.2) is 0 Å². The van der Waals surface area contributed by atoms with Crippen molar-refractivity contribution < 1.29 is 15.0 Å². The van der Waals surface area contributed by atoms with Gasteiger partial charge >= 0.3 is 0 Å². The maximum absolute atomic E-state index is 12.1. The van der Waals surface area contributed by atoms with Crippen LogP contribution in [0.4, 0.5) is 0 Å². The van der Waals surface area contributed by atoms with E-state index in [1.807, 2.05) is 0 Å². The van der Waals surface area contributed by atoms with Crippen molar-refractivity contribution in [2.24, 2.45) is 0 Å². The summed E-state index contributed by atoms with van der Waals surface area (Å²) in [4.78, 5) is 33.0. The van der Waals surface area contributed by atoms with Crippen LogP contribution in [0, 0.1) is 0 Å². The topological polar surface area (TPSA) is 119 Å². The first-order valence-electron chi connectivity index (χ1n) is 8.82. The predicted molar refractivity (Wildman–Crippen MR) is 96.9 cm³/mol. The number of aliphatic hydroxyl groups is 1. The summed E-state index contributed by atoms with van der Waals surface area (Å²) in [6.45, 7) is 1.63. The minimum Gasteiger partial charge on any atom is -0.506 e. The van der Waals surface area contributed by atoms with Crippen LogP contribution in [0.5, 0.6) is 5.75 Å². The number of benzene rings is 1. The van der Waals surface area contributed by atoms with Gasteiger partial charge in [0.05, 0.1) is 11.8 Å². The highest BCUT2D eigenvalue weighted by molar-refractivity contribution is 5.83. The first kappa shape index (κ1) is 18.3. The third kappa shape index (κ3) is 4.03. The lowest BCUT2D eigenvalue weighted by atomic mass is 10.1. The van der Waals surface area contributed by atoms with E-state index in [0.29, 0.717) is 12.6 Å². The number of rotatable bonds is 6. The predicted octanol–water partition coefficient (Wildman–Crippen LogP) is 0.653. The lowest BCUT2D eigenvalue weighted by molar-refractivity contribution is -0.123. The lowest BCUT2D eigenvalue weighted by Crippen LogP contribution is -2.32. The van der Waals surface area contributed by atoms with Crippen molar-refractivity contribution in [3.8, 4) is 5.75 Å². The number of hydrogen-bond acceptors (Lipinski definition) is 6. The number of aromatic hydroxyl groups is 1. The van der Waals surface area contributed by atoms with Crippen LogP contribution in [0.3, 0.4) is 0 Å². The van der Waals surface area contributed by atoms with Gasteiger partial charge < -0.3 is 25.4 Å². The monoisotopic (exact) mass is 360 g/mol. The van der Waals surface area contributed by atoms with Crippen LogP contribution in [-0.2, 0) is 4.79 Å². The molecular weight excluding hydrogens is 336 g/mol. The minimum absolute atomic E-state index is 0.0327. The second kappa shape index (κ2) is 7.84. The fourth-order valence-electron chi connectivity index (χ4n) is 3.39. The molecule has 1 aromatic carbocycles. The van der Waals surface area contributed by atoms with Crippen LogP contribution >= 0.6 is 0 Å². The summed E-state index contributed by atoms with van der Waals surface area (Å²) in [5, 5.41) is 23.1. The Morgan fingerprint density at radius 1 is 1.50 bits per heavy atom. The van der Waals surface area contributed by atoms with Crippen LogP contribution in [0.2, 0.25) is 0 Å². The van der Waals surface area contributed by atoms with E-state index in [1.54, 1.807) is 6.07 Å². The molecular formula is C18H24N4O4. The second-order valence-corrected chi connectivity index (χ2v) is 6.76. The molecule has 1 amide bonds. The number of fused-ring (bicyclic) bond motifs is 1. The zero-order valence-electron chi connectivity index (χ0n) is 14.7. The number of nitrogens with one attached hydrogen (secondary N) is 2. The first-order chi connectivity index (χ1) is 12.5. The van der Waals surface area contributed by atoms with Gasteiger partial charge in [-0.05, 0) is 45.0 Å². The molecule has 1 aliphatic rings. The number of carbonyl (C=O) groups is 1. The van der Waals surface area contributed by atoms with E-state index >= 15 is 0 Å². The molecule has 0 spiro atoms. The van der Waals surface area contributed by atoms with E-state index in [9.17, 15) is 19.8 Å². The Morgan fingerprint density at radius 3 is 3.04 bits per heavy atom. The fraction of sp³-hybridized carbons (Fsp3) is 0.500. The van der Waals surface area contributed by atoms with Crippen molar-refractivity contribution in [3.05, 3.63) is 34.4 Å². The molecule has 0 bridgehead atoms. The Balaban J connectivity index is 1.59. The van der Waals surface area contributed by atoms with Crippen LogP contribution in [0.25, 0.3) is 10.9 Å². The van der Waals surface area contributed by atoms with Gasteiger partial charge in [0.25, 0.3) is 5.56 Å². The summed E-state index contributed by atoms with van der Waals surface area (Å²) >= 11 is 0. The molecule has 1 saturated heterocycles. The highest BCUT2D eigenvalue weighted by atomic mass is 16.3. The van der Waals surface area contributed by atoms with E-state index in [0.717, 1.165) is 19.4 Å². The van der Waals surface area contributed by atoms with Gasteiger partial charge in [-0.25, -0.2) is 4.98 Å². The Kier molecular flexibility index (Phi) is 5.53. The molecule has 0 radical (unpaired) electrons. The molecule has 26 heavy (non-hydrogen) atoms. The van der Waals surface area contributed by atoms with Crippen molar-refractivity contribution in [3.63, 3.8) is 0 Å². The molecule has 2 heterocycles. The largest absolute Gasteiger partial charge is 0.506 e. The standard InChI is InChI=1S/C18H24N4O4/c1-22-9-3-4-11(22)7-8-19-15(25)10-14(24)17-20-16-12(18(26)21-17)5-2-6-13(16)23/h2,5-6,11,14,23-24H,3-4,7-10H2,1H3,(H,19,25)(H,20,21,26). The number of carbonyl (C=O) groups excluding carboxylic acids is 1. The van der Waals surface area contributed by atoms with E-state index in [1.165, 1.54) is 18.6 Å². The highest BCUT2D eigenvalue weighted by Gasteiger charge is 2.21. The Labute approximate surface area is 150 Å². The first-order valence-corrected chi connectivity index (χ1v) is 8.82. The summed E-state index contributed by atoms with van der Waals surface area (Å²) in [5.41, 5.74) is -0.361. The maximum atomic E-state index is 12.1. The number of H-pyrrole nitrogens is 1. The van der Waals surface area contributed by atoms with Gasteiger partial charge in [0, 0.05) is 12.6 Å². The van der Waals surface area contributed by atoms with E-state index < -0.39 is 11.7 Å². The molecule has 2 unspecified atom stereocenters. The molecule has 4 N–H and O–H groups in total. The van der Waals surface area contributed by atoms with Gasteiger partial charge in [-0.1, -0.05) is 6.07 Å². The molecule has 2 atom stereocenters. The van der Waals surface area contributed by atoms with Gasteiger partial charge in [-0.15, -0.1) is 0 Å². The number of aromatic nitrogens is 2. The maximum Gasteiger partial charge on any atom is 0.258 e. The SMILES string of the molecule is CN1CCCC1CCNC(=O)CC(O)c1nc2c(O)cccc2c(=O)[nH]1. The molecule has 8 heteroatoms. The average molecular weight is 360 g/mol. The summed E-state index contributed by atoms with van der Waals surface area (Å²) in [6, 6.07) is 4.98. The van der Waals surface area contributed by atoms with Crippen molar-refractivity contribution in [2.75, 3.05) is 20.1 Å². The number of aliphatic hydroxyl groups excluding tert-OH is 1. The van der Waals surface area contributed by atoms with E-state index in [-0.39, 0.29) is 34.8 Å². The third-order valence-corrected chi connectivity index (χ3v) is 4.90. The van der Waals surface area contributed by atoms with E-state index in [4.69, 9.17) is 0 Å². The number of likely N-dealkylation sites (tertiary alicyclic amines) is 1. The van der Waals surface area contributed by atoms with Crippen LogP contribution < -0.4 is 10.9 Å². The van der Waals surface area contributed by atoms with Crippen LogP contribution in [0.1, 0.15) is 37.6 Å². The van der Waals surface area contributed by atoms with Crippen molar-refractivity contribution in [1.82, 2.24) is 20.2 Å². The van der Waals surface area contributed by atoms with Crippen molar-refractivity contribution in [1.29, 1.82) is 0 Å². The summed E-state index contributed by atoms with van der Waals surface area (Å²) in [7, 11) is 2.08. The number of aromatic amines is 1. The minimum atomic E-state index is -1.25. The molecule has 140 valence electrons. The average Bonchev–Trinajstić information content (AvgIpc) is 3.00. The Bertz CT molecular complexity index is 851. The molecule has 0 saturated carbocycles. The normalized spacial score (nSPS) is 18.9. The molecule has 3 rings (SSSR count). The molecule has 1 aromatic heterocycles. The van der Waals surface area contributed by atoms with Crippen LogP contribution in [0.15, 0.2) is 23.0 Å². The number of nitrogens with zero attached hydrogens (tertiary/aromatic N) is 2. The van der Waals surface area contributed by atoms with Gasteiger partial charge in [0.1, 0.15) is 23.2 Å². The van der Waals surface area contributed by atoms with Crippen molar-refractivity contribution in [2.45, 2.75) is 37.8 Å². The van der Waals surface area contributed by atoms with Crippen LogP contribution in [-0.4, -0.2) is 57.2 Å². The smallest absolute Gasteiger partial charge is 0.258 e.